The van der Waals surface area contributed by atoms with E-state index in [1.54, 1.807) is 0 Å². The van der Waals surface area contributed by atoms with Gasteiger partial charge in [-0.3, -0.25) is 4.79 Å². The summed E-state index contributed by atoms with van der Waals surface area (Å²) in [7, 11) is 8.17. The fourth-order valence-electron chi connectivity index (χ4n) is 2.50. The van der Waals surface area contributed by atoms with Crippen LogP contribution in [0.1, 0.15) is 19.3 Å². The predicted molar refractivity (Wildman–Crippen MR) is 79.3 cm³/mol. The third kappa shape index (κ3) is 5.89. The highest BCUT2D eigenvalue weighted by molar-refractivity contribution is 5.76. The molecule has 0 aromatic heterocycles. The molecule has 1 N–H and O–H groups in total. The smallest absolute Gasteiger partial charge is 0.224 e. The zero-order valence-electron chi connectivity index (χ0n) is 13.0. The second kappa shape index (κ2) is 8.51. The first-order chi connectivity index (χ1) is 9.04. The average molecular weight is 270 g/mol. The minimum absolute atomic E-state index is 0.297. The molecule has 1 aliphatic rings. The molecule has 0 unspecified atom stereocenters. The van der Waals surface area contributed by atoms with Crippen molar-refractivity contribution in [1.29, 1.82) is 0 Å². The van der Waals surface area contributed by atoms with Gasteiger partial charge in [-0.1, -0.05) is 0 Å². The van der Waals surface area contributed by atoms with E-state index in [0.717, 1.165) is 45.6 Å². The molecule has 0 aromatic rings. The number of hydrogen-bond acceptors (Lipinski definition) is 4. The number of carbonyl (C=O) groups excluding carboxylic acids is 1. The second-order valence-corrected chi connectivity index (χ2v) is 5.78. The summed E-state index contributed by atoms with van der Waals surface area (Å²) in [5.74, 6) is 0.297. The van der Waals surface area contributed by atoms with Crippen molar-refractivity contribution in [2.24, 2.45) is 0 Å². The molecule has 0 spiro atoms. The number of nitrogens with one attached hydrogen (secondary N) is 1. The van der Waals surface area contributed by atoms with E-state index in [-0.39, 0.29) is 0 Å². The van der Waals surface area contributed by atoms with E-state index < -0.39 is 0 Å². The third-order valence-corrected chi connectivity index (χ3v) is 3.83. The summed E-state index contributed by atoms with van der Waals surface area (Å²) >= 11 is 0. The summed E-state index contributed by atoms with van der Waals surface area (Å²) in [6, 6.07) is 0.431. The highest BCUT2D eigenvalue weighted by atomic mass is 16.2. The Labute approximate surface area is 117 Å². The van der Waals surface area contributed by atoms with Gasteiger partial charge >= 0.3 is 0 Å². The fraction of sp³-hybridized carbons (Fsp3) is 0.929. The lowest BCUT2D eigenvalue weighted by molar-refractivity contribution is -0.134. The van der Waals surface area contributed by atoms with Gasteiger partial charge in [0.2, 0.25) is 5.91 Å². The quantitative estimate of drug-likeness (QED) is 0.711. The molecule has 5 heteroatoms. The van der Waals surface area contributed by atoms with Crippen molar-refractivity contribution in [2.75, 3.05) is 60.9 Å². The van der Waals surface area contributed by atoms with Crippen molar-refractivity contribution in [3.05, 3.63) is 0 Å². The van der Waals surface area contributed by atoms with Crippen LogP contribution >= 0.6 is 0 Å². The summed E-state index contributed by atoms with van der Waals surface area (Å²) in [6.45, 7) is 4.76. The highest BCUT2D eigenvalue weighted by Gasteiger charge is 2.26. The second-order valence-electron chi connectivity index (χ2n) is 5.78. The van der Waals surface area contributed by atoms with Crippen molar-refractivity contribution < 1.29 is 4.79 Å². The largest absolute Gasteiger partial charge is 0.338 e. The standard InChI is InChI=1S/C14H30N4O/c1-15-8-5-14(19)18(12-11-16(2)3)13-6-9-17(4)10-7-13/h13,15H,5-12H2,1-4H3. The topological polar surface area (TPSA) is 38.8 Å². The van der Waals surface area contributed by atoms with Gasteiger partial charge in [-0.2, -0.15) is 0 Å². The Bertz CT molecular complexity index is 262. The van der Waals surface area contributed by atoms with Crippen LogP contribution in [0.5, 0.6) is 0 Å². The van der Waals surface area contributed by atoms with Crippen LogP contribution in [0.4, 0.5) is 0 Å². The van der Waals surface area contributed by atoms with Crippen LogP contribution in [0.3, 0.4) is 0 Å². The molecule has 5 nitrogen and oxygen atoms in total. The maximum Gasteiger partial charge on any atom is 0.224 e. The van der Waals surface area contributed by atoms with E-state index in [1.165, 1.54) is 0 Å². The van der Waals surface area contributed by atoms with Gasteiger partial charge in [0.05, 0.1) is 0 Å². The molecule has 1 heterocycles. The van der Waals surface area contributed by atoms with E-state index in [1.807, 2.05) is 7.05 Å². The summed E-state index contributed by atoms with van der Waals surface area (Å²) in [4.78, 5) is 19.0. The minimum atomic E-state index is 0.297. The lowest BCUT2D eigenvalue weighted by atomic mass is 10.0. The van der Waals surface area contributed by atoms with Gasteiger partial charge in [-0.25, -0.2) is 0 Å². The summed E-state index contributed by atoms with van der Waals surface area (Å²) in [5, 5.41) is 3.06. The number of hydrogen-bond donors (Lipinski definition) is 1. The molecule has 0 bridgehead atoms. The first-order valence-electron chi connectivity index (χ1n) is 7.32. The number of likely N-dealkylation sites (N-methyl/N-ethyl adjacent to an activating group) is 1. The highest BCUT2D eigenvalue weighted by Crippen LogP contribution is 2.16. The first-order valence-corrected chi connectivity index (χ1v) is 7.32. The van der Waals surface area contributed by atoms with Crippen LogP contribution in [0.2, 0.25) is 0 Å². The van der Waals surface area contributed by atoms with Crippen molar-refractivity contribution >= 4 is 5.91 Å². The molecule has 0 aliphatic carbocycles. The number of nitrogens with zero attached hydrogens (tertiary/aromatic N) is 3. The summed E-state index contributed by atoms with van der Waals surface area (Å²) in [5.41, 5.74) is 0. The minimum Gasteiger partial charge on any atom is -0.338 e. The van der Waals surface area contributed by atoms with E-state index in [4.69, 9.17) is 0 Å². The zero-order chi connectivity index (χ0) is 14.3. The lowest BCUT2D eigenvalue weighted by Gasteiger charge is -2.38. The van der Waals surface area contributed by atoms with Gasteiger partial charge in [-0.15, -0.1) is 0 Å². The van der Waals surface area contributed by atoms with E-state index in [0.29, 0.717) is 18.4 Å². The van der Waals surface area contributed by atoms with Gasteiger partial charge in [-0.05, 0) is 54.1 Å². The van der Waals surface area contributed by atoms with Crippen LogP contribution in [-0.2, 0) is 4.79 Å². The number of amides is 1. The normalized spacial score (nSPS) is 17.9. The van der Waals surface area contributed by atoms with E-state index in [2.05, 4.69) is 41.2 Å². The van der Waals surface area contributed by atoms with Crippen molar-refractivity contribution in [2.45, 2.75) is 25.3 Å². The number of rotatable bonds is 7. The summed E-state index contributed by atoms with van der Waals surface area (Å²) < 4.78 is 0. The fourth-order valence-corrected chi connectivity index (χ4v) is 2.50. The Hall–Kier alpha value is -0.650. The molecule has 1 aliphatic heterocycles. The first kappa shape index (κ1) is 16.4. The van der Waals surface area contributed by atoms with Crippen LogP contribution in [0.25, 0.3) is 0 Å². The molecular weight excluding hydrogens is 240 g/mol. The average Bonchev–Trinajstić information content (AvgIpc) is 2.38. The Morgan fingerprint density at radius 2 is 1.89 bits per heavy atom. The zero-order valence-corrected chi connectivity index (χ0v) is 13.0. The van der Waals surface area contributed by atoms with Crippen molar-refractivity contribution in [3.8, 4) is 0 Å². The monoisotopic (exact) mass is 270 g/mol. The Balaban J connectivity index is 2.54. The van der Waals surface area contributed by atoms with Crippen LogP contribution < -0.4 is 5.32 Å². The SMILES string of the molecule is CNCCC(=O)N(CCN(C)C)C1CCN(C)CC1. The Kier molecular flexibility index (Phi) is 7.34. The Morgan fingerprint density at radius 1 is 1.26 bits per heavy atom. The maximum absolute atomic E-state index is 12.3. The van der Waals surface area contributed by atoms with Crippen molar-refractivity contribution in [1.82, 2.24) is 20.0 Å². The van der Waals surface area contributed by atoms with Crippen LogP contribution in [-0.4, -0.2) is 87.6 Å². The molecule has 19 heavy (non-hydrogen) atoms. The van der Waals surface area contributed by atoms with Gasteiger partial charge in [0.1, 0.15) is 0 Å². The molecule has 0 saturated carbocycles. The molecule has 0 radical (unpaired) electrons. The van der Waals surface area contributed by atoms with Gasteiger partial charge < -0.3 is 20.0 Å². The molecule has 1 rings (SSSR count). The molecule has 1 fully saturated rings. The molecular formula is C14H30N4O. The van der Waals surface area contributed by atoms with Gasteiger partial charge in [0.15, 0.2) is 0 Å². The molecule has 1 saturated heterocycles. The lowest BCUT2D eigenvalue weighted by Crippen LogP contribution is -2.49. The maximum atomic E-state index is 12.3. The number of piperidine rings is 1. The number of carbonyl (C=O) groups is 1. The van der Waals surface area contributed by atoms with Gasteiger partial charge in [0.25, 0.3) is 0 Å². The summed E-state index contributed by atoms with van der Waals surface area (Å²) in [6.07, 6.45) is 2.82. The van der Waals surface area contributed by atoms with Crippen molar-refractivity contribution in [3.63, 3.8) is 0 Å². The number of likely N-dealkylation sites (tertiary alicyclic amines) is 1. The Morgan fingerprint density at radius 3 is 2.42 bits per heavy atom. The molecule has 0 atom stereocenters. The molecule has 112 valence electrons. The third-order valence-electron chi connectivity index (χ3n) is 3.83. The molecule has 1 amide bonds. The molecule has 0 aromatic carbocycles. The van der Waals surface area contributed by atoms with Gasteiger partial charge in [0, 0.05) is 32.1 Å². The van der Waals surface area contributed by atoms with Crippen LogP contribution in [0.15, 0.2) is 0 Å². The predicted octanol–water partition coefficient (Wildman–Crippen LogP) is 0.0803. The van der Waals surface area contributed by atoms with Crippen LogP contribution in [0, 0.1) is 0 Å². The van der Waals surface area contributed by atoms with E-state index >= 15 is 0 Å². The van der Waals surface area contributed by atoms with E-state index in [9.17, 15) is 4.79 Å².